The van der Waals surface area contributed by atoms with Crippen molar-refractivity contribution in [3.63, 3.8) is 0 Å². The summed E-state index contributed by atoms with van der Waals surface area (Å²) in [6.45, 7) is 6.07. The van der Waals surface area contributed by atoms with Gasteiger partial charge in [-0.15, -0.1) is 0 Å². The molecule has 2 heteroatoms. The van der Waals surface area contributed by atoms with Gasteiger partial charge >= 0.3 is 0 Å². The van der Waals surface area contributed by atoms with Gasteiger partial charge in [-0.1, -0.05) is 24.8 Å². The van der Waals surface area contributed by atoms with Crippen LogP contribution in [0.5, 0.6) is 5.75 Å². The number of ether oxygens (including phenoxy) is 1. The van der Waals surface area contributed by atoms with Gasteiger partial charge in [-0.25, -0.2) is 0 Å². The Morgan fingerprint density at radius 3 is 2.54 bits per heavy atom. The molecule has 0 aliphatic heterocycles. The molecule has 0 aromatic heterocycles. The van der Waals surface area contributed by atoms with Crippen molar-refractivity contribution in [1.82, 2.24) is 0 Å². The van der Waals surface area contributed by atoms with Gasteiger partial charge in [0, 0.05) is 6.04 Å². The van der Waals surface area contributed by atoms with E-state index in [1.54, 1.807) is 6.08 Å². The molecular formula is C11H15NO. The first-order chi connectivity index (χ1) is 6.24. The quantitative estimate of drug-likeness (QED) is 0.716. The maximum Gasteiger partial charge on any atom is 0.119 e. The Labute approximate surface area is 79.0 Å². The lowest BCUT2D eigenvalue weighted by Crippen LogP contribution is -2.04. The van der Waals surface area contributed by atoms with Crippen molar-refractivity contribution in [1.29, 1.82) is 0 Å². The van der Waals surface area contributed by atoms with Crippen LogP contribution in [-0.4, -0.2) is 6.61 Å². The van der Waals surface area contributed by atoms with E-state index in [1.807, 2.05) is 31.2 Å². The van der Waals surface area contributed by atoms with Gasteiger partial charge in [-0.2, -0.15) is 0 Å². The van der Waals surface area contributed by atoms with Crippen molar-refractivity contribution in [3.8, 4) is 5.75 Å². The minimum atomic E-state index is 0.0773. The zero-order chi connectivity index (χ0) is 9.68. The van der Waals surface area contributed by atoms with Crippen LogP contribution in [0.4, 0.5) is 0 Å². The van der Waals surface area contributed by atoms with Crippen LogP contribution in [0.1, 0.15) is 18.5 Å². The van der Waals surface area contributed by atoms with Gasteiger partial charge in [-0.3, -0.25) is 0 Å². The second-order valence-corrected chi connectivity index (χ2v) is 2.96. The SMILES string of the molecule is C=CCOc1ccc([C@H](C)N)cc1. The Bertz CT molecular complexity index is 264. The molecule has 0 amide bonds. The highest BCUT2D eigenvalue weighted by Gasteiger charge is 1.98. The summed E-state index contributed by atoms with van der Waals surface area (Å²) < 4.78 is 5.33. The number of benzene rings is 1. The van der Waals surface area contributed by atoms with Crippen molar-refractivity contribution in [2.45, 2.75) is 13.0 Å². The van der Waals surface area contributed by atoms with Gasteiger partial charge < -0.3 is 10.5 Å². The van der Waals surface area contributed by atoms with Crippen molar-refractivity contribution >= 4 is 0 Å². The average molecular weight is 177 g/mol. The average Bonchev–Trinajstić information content (AvgIpc) is 2.15. The Kier molecular flexibility index (Phi) is 3.53. The van der Waals surface area contributed by atoms with Crippen LogP contribution in [0.15, 0.2) is 36.9 Å². The van der Waals surface area contributed by atoms with E-state index in [4.69, 9.17) is 10.5 Å². The summed E-state index contributed by atoms with van der Waals surface area (Å²) in [4.78, 5) is 0. The summed E-state index contributed by atoms with van der Waals surface area (Å²) in [5.41, 5.74) is 6.82. The normalized spacial score (nSPS) is 12.2. The van der Waals surface area contributed by atoms with Crippen LogP contribution in [0.2, 0.25) is 0 Å². The number of rotatable bonds is 4. The van der Waals surface area contributed by atoms with E-state index in [0.717, 1.165) is 11.3 Å². The number of nitrogens with two attached hydrogens (primary N) is 1. The van der Waals surface area contributed by atoms with Crippen LogP contribution in [0.25, 0.3) is 0 Å². The summed E-state index contributed by atoms with van der Waals surface area (Å²) in [6, 6.07) is 7.87. The van der Waals surface area contributed by atoms with Crippen LogP contribution >= 0.6 is 0 Å². The summed E-state index contributed by atoms with van der Waals surface area (Å²) in [6.07, 6.45) is 1.72. The minimum absolute atomic E-state index is 0.0773. The number of hydrogen-bond donors (Lipinski definition) is 1. The Balaban J connectivity index is 2.64. The summed E-state index contributed by atoms with van der Waals surface area (Å²) >= 11 is 0. The van der Waals surface area contributed by atoms with Gasteiger partial charge in [0.2, 0.25) is 0 Å². The van der Waals surface area contributed by atoms with Gasteiger partial charge in [0.15, 0.2) is 0 Å². The molecule has 0 unspecified atom stereocenters. The van der Waals surface area contributed by atoms with Crippen LogP contribution < -0.4 is 10.5 Å². The third-order valence-electron chi connectivity index (χ3n) is 1.77. The highest BCUT2D eigenvalue weighted by molar-refractivity contribution is 5.28. The van der Waals surface area contributed by atoms with Crippen molar-refractivity contribution < 1.29 is 4.74 Å². The minimum Gasteiger partial charge on any atom is -0.490 e. The fraction of sp³-hybridized carbons (Fsp3) is 0.273. The monoisotopic (exact) mass is 177 g/mol. The zero-order valence-electron chi connectivity index (χ0n) is 7.86. The third-order valence-corrected chi connectivity index (χ3v) is 1.77. The molecule has 0 spiro atoms. The molecule has 0 radical (unpaired) electrons. The molecule has 2 nitrogen and oxygen atoms in total. The molecule has 0 heterocycles. The van der Waals surface area contributed by atoms with Crippen LogP contribution in [0, 0.1) is 0 Å². The topological polar surface area (TPSA) is 35.2 Å². The molecule has 2 N–H and O–H groups in total. The van der Waals surface area contributed by atoms with E-state index < -0.39 is 0 Å². The molecular weight excluding hydrogens is 162 g/mol. The molecule has 70 valence electrons. The van der Waals surface area contributed by atoms with E-state index in [9.17, 15) is 0 Å². The summed E-state index contributed by atoms with van der Waals surface area (Å²) in [5, 5.41) is 0. The second kappa shape index (κ2) is 4.67. The third kappa shape index (κ3) is 2.92. The molecule has 1 atom stereocenters. The molecule has 1 aromatic carbocycles. The molecule has 0 aliphatic rings. The molecule has 1 rings (SSSR count). The standard InChI is InChI=1S/C11H15NO/c1-3-8-13-11-6-4-10(5-7-11)9(2)12/h3-7,9H,1,8,12H2,2H3/t9-/m0/s1. The lowest BCUT2D eigenvalue weighted by atomic mass is 10.1. The molecule has 1 aromatic rings. The Morgan fingerprint density at radius 2 is 2.08 bits per heavy atom. The van der Waals surface area contributed by atoms with E-state index in [2.05, 4.69) is 6.58 Å². The first kappa shape index (κ1) is 9.81. The smallest absolute Gasteiger partial charge is 0.119 e. The van der Waals surface area contributed by atoms with Crippen molar-refractivity contribution in [2.24, 2.45) is 5.73 Å². The van der Waals surface area contributed by atoms with Gasteiger partial charge in [0.25, 0.3) is 0 Å². The zero-order valence-corrected chi connectivity index (χ0v) is 7.86. The van der Waals surface area contributed by atoms with Crippen molar-refractivity contribution in [2.75, 3.05) is 6.61 Å². The molecule has 0 bridgehead atoms. The fourth-order valence-electron chi connectivity index (χ4n) is 1.02. The van der Waals surface area contributed by atoms with Gasteiger partial charge in [-0.05, 0) is 24.6 Å². The molecule has 13 heavy (non-hydrogen) atoms. The second-order valence-electron chi connectivity index (χ2n) is 2.96. The fourth-order valence-corrected chi connectivity index (χ4v) is 1.02. The summed E-state index contributed by atoms with van der Waals surface area (Å²) in [5.74, 6) is 0.851. The maximum atomic E-state index is 5.71. The van der Waals surface area contributed by atoms with Gasteiger partial charge in [0.1, 0.15) is 12.4 Å². The molecule has 0 saturated heterocycles. The molecule has 0 aliphatic carbocycles. The van der Waals surface area contributed by atoms with E-state index >= 15 is 0 Å². The van der Waals surface area contributed by atoms with Crippen molar-refractivity contribution in [3.05, 3.63) is 42.5 Å². The first-order valence-corrected chi connectivity index (χ1v) is 4.33. The maximum absolute atomic E-state index is 5.71. The Morgan fingerprint density at radius 1 is 1.46 bits per heavy atom. The predicted molar refractivity (Wildman–Crippen MR) is 54.7 cm³/mol. The first-order valence-electron chi connectivity index (χ1n) is 4.33. The predicted octanol–water partition coefficient (Wildman–Crippen LogP) is 2.27. The van der Waals surface area contributed by atoms with E-state index in [1.165, 1.54) is 0 Å². The molecule has 0 fully saturated rings. The van der Waals surface area contributed by atoms with Crippen LogP contribution in [0.3, 0.4) is 0 Å². The number of hydrogen-bond acceptors (Lipinski definition) is 2. The summed E-state index contributed by atoms with van der Waals surface area (Å²) in [7, 11) is 0. The Hall–Kier alpha value is -1.28. The lowest BCUT2D eigenvalue weighted by Gasteiger charge is -2.07. The molecule has 0 saturated carbocycles. The van der Waals surface area contributed by atoms with E-state index in [-0.39, 0.29) is 6.04 Å². The highest BCUT2D eigenvalue weighted by atomic mass is 16.5. The van der Waals surface area contributed by atoms with Gasteiger partial charge in [0.05, 0.1) is 0 Å². The van der Waals surface area contributed by atoms with Crippen LogP contribution in [-0.2, 0) is 0 Å². The lowest BCUT2D eigenvalue weighted by molar-refractivity contribution is 0.363. The van der Waals surface area contributed by atoms with E-state index in [0.29, 0.717) is 6.61 Å². The largest absolute Gasteiger partial charge is 0.490 e. The highest BCUT2D eigenvalue weighted by Crippen LogP contribution is 2.15.